The van der Waals surface area contributed by atoms with Crippen molar-refractivity contribution in [2.45, 2.75) is 25.9 Å². The molecule has 0 aliphatic rings. The van der Waals surface area contributed by atoms with Crippen molar-refractivity contribution in [2.75, 3.05) is 0 Å². The molecule has 0 unspecified atom stereocenters. The number of para-hydroxylation sites is 1. The summed E-state index contributed by atoms with van der Waals surface area (Å²) in [5.74, 6) is -1.47. The lowest BCUT2D eigenvalue weighted by molar-refractivity contribution is -0.136. The van der Waals surface area contributed by atoms with Crippen LogP contribution < -0.4 is 0 Å². The monoisotopic (exact) mass is 442 g/mol. The van der Waals surface area contributed by atoms with E-state index in [9.17, 15) is 14.0 Å². The summed E-state index contributed by atoms with van der Waals surface area (Å²) >= 11 is 0. The van der Waals surface area contributed by atoms with Crippen molar-refractivity contribution in [3.8, 4) is 0 Å². The molecule has 0 aliphatic carbocycles. The molecule has 0 saturated carbocycles. The second kappa shape index (κ2) is 9.61. The number of benzene rings is 3. The largest absolute Gasteiger partial charge is 0.481 e. The number of pyridine rings is 1. The Morgan fingerprint density at radius 2 is 1.70 bits per heavy atom. The van der Waals surface area contributed by atoms with E-state index in [4.69, 9.17) is 5.11 Å². The molecule has 1 aromatic heterocycles. The maximum absolute atomic E-state index is 13.7. The smallest absolute Gasteiger partial charge is 0.307 e. The van der Waals surface area contributed by atoms with Gasteiger partial charge in [-0.05, 0) is 47.9 Å². The van der Waals surface area contributed by atoms with Crippen LogP contribution in [0.4, 0.5) is 4.39 Å². The number of aliphatic carboxylic acids is 1. The third kappa shape index (κ3) is 5.23. The second-order valence-electron chi connectivity index (χ2n) is 7.97. The topological polar surface area (TPSA) is 70.5 Å². The summed E-state index contributed by atoms with van der Waals surface area (Å²) in [7, 11) is 0. The predicted molar refractivity (Wildman–Crippen MR) is 124 cm³/mol. The molecule has 4 aromatic rings. The summed E-state index contributed by atoms with van der Waals surface area (Å²) in [5.41, 5.74) is 3.51. The number of rotatable bonds is 7. The number of nitrogens with zero attached hydrogens (tertiary/aromatic N) is 2. The van der Waals surface area contributed by atoms with Gasteiger partial charge in [0.25, 0.3) is 5.91 Å². The van der Waals surface area contributed by atoms with Gasteiger partial charge >= 0.3 is 5.97 Å². The van der Waals surface area contributed by atoms with Crippen LogP contribution in [0.5, 0.6) is 0 Å². The third-order valence-electron chi connectivity index (χ3n) is 5.62. The molecule has 3 aromatic carbocycles. The summed E-state index contributed by atoms with van der Waals surface area (Å²) in [6.45, 7) is 2.15. The Kier molecular flexibility index (Phi) is 6.45. The van der Waals surface area contributed by atoms with Crippen molar-refractivity contribution in [1.29, 1.82) is 0 Å². The summed E-state index contributed by atoms with van der Waals surface area (Å²) in [5, 5.41) is 9.98. The number of fused-ring (bicyclic) bond motifs is 1. The first-order valence-corrected chi connectivity index (χ1v) is 10.6. The number of carboxylic acid groups (broad SMARTS) is 1. The van der Waals surface area contributed by atoms with E-state index in [1.54, 1.807) is 41.4 Å². The number of halogens is 1. The van der Waals surface area contributed by atoms with Crippen molar-refractivity contribution < 1.29 is 19.1 Å². The maximum atomic E-state index is 13.7. The Labute approximate surface area is 191 Å². The van der Waals surface area contributed by atoms with E-state index in [1.165, 1.54) is 12.1 Å². The Bertz CT molecular complexity index is 1300. The van der Waals surface area contributed by atoms with Crippen LogP contribution >= 0.6 is 0 Å². The third-order valence-corrected chi connectivity index (χ3v) is 5.62. The van der Waals surface area contributed by atoms with Crippen LogP contribution in [0.2, 0.25) is 0 Å². The predicted octanol–water partition coefficient (Wildman–Crippen LogP) is 5.40. The average Bonchev–Trinajstić information content (AvgIpc) is 2.82. The van der Waals surface area contributed by atoms with Crippen LogP contribution in [0.3, 0.4) is 0 Å². The molecule has 1 amide bonds. The van der Waals surface area contributed by atoms with E-state index in [-0.39, 0.29) is 30.7 Å². The summed E-state index contributed by atoms with van der Waals surface area (Å²) in [4.78, 5) is 30.9. The molecule has 0 saturated heterocycles. The van der Waals surface area contributed by atoms with Gasteiger partial charge in [0.15, 0.2) is 0 Å². The number of aromatic nitrogens is 1. The van der Waals surface area contributed by atoms with Gasteiger partial charge in [0, 0.05) is 18.1 Å². The van der Waals surface area contributed by atoms with Gasteiger partial charge in [0.1, 0.15) is 5.82 Å². The molecule has 1 atom stereocenters. The minimum atomic E-state index is -0.915. The molecular formula is C27H23FN2O3. The van der Waals surface area contributed by atoms with Crippen LogP contribution in [0, 0.1) is 5.82 Å². The molecular weight excluding hydrogens is 419 g/mol. The lowest BCUT2D eigenvalue weighted by Crippen LogP contribution is -2.33. The van der Waals surface area contributed by atoms with Gasteiger partial charge in [-0.15, -0.1) is 0 Å². The van der Waals surface area contributed by atoms with Gasteiger partial charge in [0.05, 0.1) is 23.5 Å². The van der Waals surface area contributed by atoms with Crippen LogP contribution in [0.25, 0.3) is 10.9 Å². The lowest BCUT2D eigenvalue weighted by atomic mass is 10.0. The Morgan fingerprint density at radius 3 is 2.45 bits per heavy atom. The fourth-order valence-corrected chi connectivity index (χ4v) is 3.87. The summed E-state index contributed by atoms with van der Waals surface area (Å²) in [6.07, 6.45) is 1.47. The number of carboxylic acids is 1. The van der Waals surface area contributed by atoms with E-state index in [2.05, 4.69) is 4.98 Å². The van der Waals surface area contributed by atoms with Gasteiger partial charge < -0.3 is 10.0 Å². The molecule has 1 heterocycles. The van der Waals surface area contributed by atoms with Gasteiger partial charge in [-0.3, -0.25) is 14.6 Å². The fourth-order valence-electron chi connectivity index (χ4n) is 3.87. The van der Waals surface area contributed by atoms with Crippen LogP contribution in [-0.2, 0) is 17.8 Å². The normalized spacial score (nSPS) is 11.8. The van der Waals surface area contributed by atoms with Crippen LogP contribution in [0.1, 0.15) is 40.0 Å². The van der Waals surface area contributed by atoms with Crippen LogP contribution in [-0.4, -0.2) is 26.9 Å². The number of carbonyl (C=O) groups excluding carboxylic acids is 1. The van der Waals surface area contributed by atoms with Crippen LogP contribution in [0.15, 0.2) is 85.1 Å². The van der Waals surface area contributed by atoms with E-state index in [1.807, 2.05) is 43.3 Å². The van der Waals surface area contributed by atoms with Gasteiger partial charge in [-0.1, -0.05) is 54.6 Å². The average molecular weight is 442 g/mol. The standard InChI is InChI=1S/C27H23FN2O3/c1-18(21-9-11-24(28)12-10-21)30(17-20-6-4-5-19(13-20)14-26(31)32)27(33)23-15-22-7-2-3-8-25(22)29-16-23/h2-13,15-16,18H,14,17H2,1H3,(H,31,32)/t18-/m1/s1. The molecule has 6 heteroatoms. The van der Waals surface area contributed by atoms with E-state index in [0.29, 0.717) is 11.1 Å². The SMILES string of the molecule is C[C@H](c1ccc(F)cc1)N(Cc1cccc(CC(=O)O)c1)C(=O)c1cnc2ccccc2c1. The highest BCUT2D eigenvalue weighted by Crippen LogP contribution is 2.26. The number of carbonyl (C=O) groups is 2. The number of hydrogen-bond acceptors (Lipinski definition) is 3. The van der Waals surface area contributed by atoms with Gasteiger partial charge in [0.2, 0.25) is 0 Å². The molecule has 1 N–H and O–H groups in total. The molecule has 4 rings (SSSR count). The highest BCUT2D eigenvalue weighted by Gasteiger charge is 2.24. The first-order valence-electron chi connectivity index (χ1n) is 10.6. The fraction of sp³-hybridized carbons (Fsp3) is 0.148. The quantitative estimate of drug-likeness (QED) is 0.416. The molecule has 0 aliphatic heterocycles. The second-order valence-corrected chi connectivity index (χ2v) is 7.97. The maximum Gasteiger partial charge on any atom is 0.307 e. The van der Waals surface area contributed by atoms with Gasteiger partial charge in [-0.2, -0.15) is 0 Å². The Morgan fingerprint density at radius 1 is 0.970 bits per heavy atom. The zero-order chi connectivity index (χ0) is 23.4. The minimum absolute atomic E-state index is 0.0934. The van der Waals surface area contributed by atoms with Crippen molar-refractivity contribution in [3.05, 3.63) is 113 Å². The first kappa shape index (κ1) is 22.1. The van der Waals surface area contributed by atoms with Crippen molar-refractivity contribution in [1.82, 2.24) is 9.88 Å². The molecule has 0 fully saturated rings. The van der Waals surface area contributed by atoms with Crippen molar-refractivity contribution in [3.63, 3.8) is 0 Å². The lowest BCUT2D eigenvalue weighted by Gasteiger charge is -2.30. The zero-order valence-corrected chi connectivity index (χ0v) is 18.1. The molecule has 33 heavy (non-hydrogen) atoms. The number of amides is 1. The summed E-state index contributed by atoms with van der Waals surface area (Å²) < 4.78 is 13.5. The molecule has 0 bridgehead atoms. The minimum Gasteiger partial charge on any atom is -0.481 e. The van der Waals surface area contributed by atoms with E-state index in [0.717, 1.165) is 22.0 Å². The number of hydrogen-bond donors (Lipinski definition) is 1. The van der Waals surface area contributed by atoms with Crippen molar-refractivity contribution in [2.24, 2.45) is 0 Å². The van der Waals surface area contributed by atoms with E-state index < -0.39 is 5.97 Å². The zero-order valence-electron chi connectivity index (χ0n) is 18.1. The Balaban J connectivity index is 1.70. The molecule has 0 spiro atoms. The summed E-state index contributed by atoms with van der Waals surface area (Å²) in [6, 6.07) is 22.3. The van der Waals surface area contributed by atoms with Crippen molar-refractivity contribution >= 4 is 22.8 Å². The highest BCUT2D eigenvalue weighted by atomic mass is 19.1. The van der Waals surface area contributed by atoms with Gasteiger partial charge in [-0.25, -0.2) is 4.39 Å². The first-order chi connectivity index (χ1) is 15.9. The van der Waals surface area contributed by atoms with E-state index >= 15 is 0 Å². The molecule has 166 valence electrons. The molecule has 5 nitrogen and oxygen atoms in total. The Hall–Kier alpha value is -4.06. The highest BCUT2D eigenvalue weighted by molar-refractivity contribution is 5.97. The molecule has 0 radical (unpaired) electrons.